The molecule has 0 radical (unpaired) electrons. The minimum atomic E-state index is 0.197. The van der Waals surface area contributed by atoms with Crippen LogP contribution in [-0.4, -0.2) is 17.3 Å². The molecule has 0 aliphatic carbocycles. The Hall–Kier alpha value is -2.36. The molecule has 0 aliphatic heterocycles. The van der Waals surface area contributed by atoms with Crippen LogP contribution in [-0.2, 0) is 6.54 Å². The Morgan fingerprint density at radius 3 is 2.53 bits per heavy atom. The van der Waals surface area contributed by atoms with Gasteiger partial charge in [-0.15, -0.1) is 0 Å². The van der Waals surface area contributed by atoms with Crippen molar-refractivity contribution in [3.05, 3.63) is 47.5 Å². The molecule has 0 atom stereocenters. The van der Waals surface area contributed by atoms with Crippen molar-refractivity contribution < 1.29 is 14.9 Å². The van der Waals surface area contributed by atoms with Crippen molar-refractivity contribution in [1.29, 1.82) is 0 Å². The van der Waals surface area contributed by atoms with Crippen molar-refractivity contribution in [2.24, 2.45) is 0 Å². The zero-order chi connectivity index (χ0) is 13.8. The maximum Gasteiger partial charge on any atom is 0.124 e. The number of methoxy groups -OCH3 is 1. The van der Waals surface area contributed by atoms with E-state index in [1.54, 1.807) is 31.4 Å². The first-order valence-electron chi connectivity index (χ1n) is 5.99. The van der Waals surface area contributed by atoms with Gasteiger partial charge in [0.05, 0.1) is 7.11 Å². The van der Waals surface area contributed by atoms with E-state index in [9.17, 15) is 10.2 Å². The molecule has 2 aromatic rings. The molecule has 2 aromatic carbocycles. The summed E-state index contributed by atoms with van der Waals surface area (Å²) in [6, 6.07) is 10.3. The molecule has 0 unspecified atom stereocenters. The van der Waals surface area contributed by atoms with Gasteiger partial charge in [0.25, 0.3) is 0 Å². The molecule has 0 aliphatic rings. The number of phenols is 2. The minimum absolute atomic E-state index is 0.197. The second-order valence-electron chi connectivity index (χ2n) is 4.35. The quantitative estimate of drug-likeness (QED) is 0.739. The van der Waals surface area contributed by atoms with E-state index in [0.29, 0.717) is 12.3 Å². The summed E-state index contributed by atoms with van der Waals surface area (Å²) in [5.74, 6) is 1.07. The number of hydrogen-bond acceptors (Lipinski definition) is 4. The molecule has 3 N–H and O–H groups in total. The van der Waals surface area contributed by atoms with Gasteiger partial charge in [0.15, 0.2) is 0 Å². The third-order valence-electron chi connectivity index (χ3n) is 2.97. The third-order valence-corrected chi connectivity index (χ3v) is 2.97. The fourth-order valence-corrected chi connectivity index (χ4v) is 1.86. The molecule has 4 heteroatoms. The largest absolute Gasteiger partial charge is 0.508 e. The first-order valence-corrected chi connectivity index (χ1v) is 5.99. The van der Waals surface area contributed by atoms with Crippen LogP contribution in [0.25, 0.3) is 0 Å². The van der Waals surface area contributed by atoms with Crippen LogP contribution in [0, 0.1) is 6.92 Å². The van der Waals surface area contributed by atoms with Crippen molar-refractivity contribution in [3.8, 4) is 17.2 Å². The molecule has 0 amide bonds. The second-order valence-corrected chi connectivity index (χ2v) is 4.35. The Morgan fingerprint density at radius 1 is 1.11 bits per heavy atom. The van der Waals surface area contributed by atoms with E-state index < -0.39 is 0 Å². The summed E-state index contributed by atoms with van der Waals surface area (Å²) in [6.45, 7) is 2.41. The lowest BCUT2D eigenvalue weighted by atomic mass is 10.1. The van der Waals surface area contributed by atoms with Gasteiger partial charge < -0.3 is 20.3 Å². The van der Waals surface area contributed by atoms with Crippen LogP contribution in [0.2, 0.25) is 0 Å². The highest BCUT2D eigenvalue weighted by Crippen LogP contribution is 2.25. The van der Waals surface area contributed by atoms with Crippen molar-refractivity contribution in [1.82, 2.24) is 0 Å². The predicted octanol–water partition coefficient (Wildman–Crippen LogP) is 3.03. The third kappa shape index (κ3) is 3.10. The van der Waals surface area contributed by atoms with Gasteiger partial charge in [-0.2, -0.15) is 0 Å². The minimum Gasteiger partial charge on any atom is -0.508 e. The van der Waals surface area contributed by atoms with Crippen molar-refractivity contribution in [3.63, 3.8) is 0 Å². The Bertz CT molecular complexity index is 582. The van der Waals surface area contributed by atoms with E-state index in [1.807, 2.05) is 19.1 Å². The summed E-state index contributed by atoms with van der Waals surface area (Å²) in [7, 11) is 1.56. The van der Waals surface area contributed by atoms with E-state index >= 15 is 0 Å². The van der Waals surface area contributed by atoms with Gasteiger partial charge in [-0.1, -0.05) is 0 Å². The van der Waals surface area contributed by atoms with Crippen molar-refractivity contribution in [2.75, 3.05) is 12.4 Å². The first kappa shape index (κ1) is 13.1. The van der Waals surface area contributed by atoms with E-state index in [-0.39, 0.29) is 11.5 Å². The van der Waals surface area contributed by atoms with Gasteiger partial charge in [0, 0.05) is 23.9 Å². The molecule has 4 nitrogen and oxygen atoms in total. The van der Waals surface area contributed by atoms with E-state index in [1.165, 1.54) is 0 Å². The molecule has 0 saturated heterocycles. The number of phenolic OH excluding ortho intramolecular Hbond substituents is 2. The number of nitrogens with one attached hydrogen (secondary N) is 1. The number of benzene rings is 2. The molecular weight excluding hydrogens is 242 g/mol. The molecule has 2 rings (SSSR count). The topological polar surface area (TPSA) is 61.7 Å². The standard InChI is InChI=1S/C15H17NO3/c1-10-7-12(17)4-6-14(10)16-9-11-3-5-13(19-2)8-15(11)18/h3-8,16-18H,9H2,1-2H3. The van der Waals surface area contributed by atoms with E-state index in [0.717, 1.165) is 16.8 Å². The second kappa shape index (κ2) is 5.52. The number of hydrogen-bond donors (Lipinski definition) is 3. The van der Waals surface area contributed by atoms with Gasteiger partial charge in [-0.3, -0.25) is 0 Å². The average Bonchev–Trinajstić information content (AvgIpc) is 2.39. The Kier molecular flexibility index (Phi) is 3.80. The lowest BCUT2D eigenvalue weighted by molar-refractivity contribution is 0.406. The molecular formula is C15H17NO3. The lowest BCUT2D eigenvalue weighted by Crippen LogP contribution is -2.01. The van der Waals surface area contributed by atoms with Crippen LogP contribution in [0.15, 0.2) is 36.4 Å². The average molecular weight is 259 g/mol. The van der Waals surface area contributed by atoms with Crippen LogP contribution in [0.5, 0.6) is 17.2 Å². The summed E-state index contributed by atoms with van der Waals surface area (Å²) >= 11 is 0. The number of aryl methyl sites for hydroxylation is 1. The van der Waals surface area contributed by atoms with Gasteiger partial charge in [-0.05, 0) is 42.8 Å². The van der Waals surface area contributed by atoms with Gasteiger partial charge in [0.2, 0.25) is 0 Å². The van der Waals surface area contributed by atoms with Gasteiger partial charge >= 0.3 is 0 Å². The fraction of sp³-hybridized carbons (Fsp3) is 0.200. The summed E-state index contributed by atoms with van der Waals surface area (Å²) < 4.78 is 5.04. The summed E-state index contributed by atoms with van der Waals surface area (Å²) in [4.78, 5) is 0. The number of rotatable bonds is 4. The van der Waals surface area contributed by atoms with E-state index in [4.69, 9.17) is 4.74 Å². The monoisotopic (exact) mass is 259 g/mol. The summed E-state index contributed by atoms with van der Waals surface area (Å²) in [5, 5.41) is 22.4. The molecule has 19 heavy (non-hydrogen) atoms. The van der Waals surface area contributed by atoms with Crippen LogP contribution < -0.4 is 10.1 Å². The lowest BCUT2D eigenvalue weighted by Gasteiger charge is -2.11. The van der Waals surface area contributed by atoms with Crippen molar-refractivity contribution >= 4 is 5.69 Å². The summed E-state index contributed by atoms with van der Waals surface area (Å²) in [6.07, 6.45) is 0. The Balaban J connectivity index is 2.10. The molecule has 0 fully saturated rings. The SMILES string of the molecule is COc1ccc(CNc2ccc(O)cc2C)c(O)c1. The molecule has 0 spiro atoms. The molecule has 0 heterocycles. The number of anilines is 1. The first-order chi connectivity index (χ1) is 9.10. The maximum atomic E-state index is 9.85. The highest BCUT2D eigenvalue weighted by molar-refractivity contribution is 5.54. The van der Waals surface area contributed by atoms with Crippen LogP contribution >= 0.6 is 0 Å². The maximum absolute atomic E-state index is 9.85. The van der Waals surface area contributed by atoms with Crippen LogP contribution in [0.1, 0.15) is 11.1 Å². The highest BCUT2D eigenvalue weighted by atomic mass is 16.5. The zero-order valence-corrected chi connectivity index (χ0v) is 11.0. The Labute approximate surface area is 112 Å². The van der Waals surface area contributed by atoms with Crippen LogP contribution in [0.4, 0.5) is 5.69 Å². The molecule has 100 valence electrons. The number of aromatic hydroxyl groups is 2. The van der Waals surface area contributed by atoms with Gasteiger partial charge in [-0.25, -0.2) is 0 Å². The van der Waals surface area contributed by atoms with Crippen molar-refractivity contribution in [2.45, 2.75) is 13.5 Å². The number of ether oxygens (including phenoxy) is 1. The molecule has 0 bridgehead atoms. The highest BCUT2D eigenvalue weighted by Gasteiger charge is 2.04. The van der Waals surface area contributed by atoms with Gasteiger partial charge in [0.1, 0.15) is 17.2 Å². The normalized spacial score (nSPS) is 10.2. The van der Waals surface area contributed by atoms with Crippen LogP contribution in [0.3, 0.4) is 0 Å². The van der Waals surface area contributed by atoms with E-state index in [2.05, 4.69) is 5.32 Å². The smallest absolute Gasteiger partial charge is 0.124 e. The predicted molar refractivity (Wildman–Crippen MR) is 74.8 cm³/mol. The summed E-state index contributed by atoms with van der Waals surface area (Å²) in [5.41, 5.74) is 2.66. The zero-order valence-electron chi connectivity index (χ0n) is 11.0. The fourth-order valence-electron chi connectivity index (χ4n) is 1.86. The molecule has 0 saturated carbocycles. The Morgan fingerprint density at radius 2 is 1.89 bits per heavy atom. The molecule has 0 aromatic heterocycles.